The maximum Gasteiger partial charge on any atom is 0.315 e. The van der Waals surface area contributed by atoms with Crippen LogP contribution in [-0.4, -0.2) is 53.7 Å². The summed E-state index contributed by atoms with van der Waals surface area (Å²) in [7, 11) is 2.26. The molecule has 1 aliphatic carbocycles. The number of nitrogens with one attached hydrogen (secondary N) is 2. The molecule has 2 heterocycles. The Kier molecular flexibility index (Phi) is 5.55. The van der Waals surface area contributed by atoms with Crippen molar-refractivity contribution in [2.24, 2.45) is 0 Å². The third-order valence-electron chi connectivity index (χ3n) is 6.00. The zero-order chi connectivity index (χ0) is 15.5. The molecule has 3 rings (SSSR count). The molecule has 0 radical (unpaired) electrons. The number of piperidine rings is 2. The molecule has 0 aromatic carbocycles. The van der Waals surface area contributed by atoms with Crippen LogP contribution >= 0.6 is 11.8 Å². The van der Waals surface area contributed by atoms with E-state index in [1.54, 1.807) is 0 Å². The van der Waals surface area contributed by atoms with Crippen LogP contribution in [0.3, 0.4) is 0 Å². The molecule has 4 nitrogen and oxygen atoms in total. The van der Waals surface area contributed by atoms with Crippen molar-refractivity contribution in [2.45, 2.75) is 87.2 Å². The fraction of sp³-hybridized carbons (Fsp3) is 0.941. The van der Waals surface area contributed by atoms with Gasteiger partial charge in [-0.05, 0) is 51.8 Å². The minimum atomic E-state index is 0.0681. The van der Waals surface area contributed by atoms with Crippen LogP contribution in [0.4, 0.5) is 4.79 Å². The van der Waals surface area contributed by atoms with Gasteiger partial charge in [0.15, 0.2) is 0 Å². The highest BCUT2D eigenvalue weighted by Gasteiger charge is 2.36. The standard InChI is InChI=1S/C17H31N3OS/c1-20-13-6-5-7-14(20)11-12(10-13)18-17(21)19-15-8-3-4-9-16(15)22-2/h12-16H,3-11H2,1-2H3,(H2,18,19,21)/t12?,13-,14+,15-,16-/m1/s1. The summed E-state index contributed by atoms with van der Waals surface area (Å²) in [6, 6.07) is 2.13. The number of hydrogen-bond acceptors (Lipinski definition) is 3. The summed E-state index contributed by atoms with van der Waals surface area (Å²) in [4.78, 5) is 14.9. The third kappa shape index (κ3) is 3.73. The first kappa shape index (κ1) is 16.4. The summed E-state index contributed by atoms with van der Waals surface area (Å²) in [5, 5.41) is 7.13. The molecule has 2 amide bonds. The molecule has 0 aromatic rings. The predicted octanol–water partition coefficient (Wildman–Crippen LogP) is 2.98. The summed E-state index contributed by atoms with van der Waals surface area (Å²) < 4.78 is 0. The van der Waals surface area contributed by atoms with Crippen LogP contribution in [0, 0.1) is 0 Å². The number of carbonyl (C=O) groups excluding carboxylic acids is 1. The Balaban J connectivity index is 1.49. The summed E-state index contributed by atoms with van der Waals surface area (Å²) in [5.74, 6) is 0. The van der Waals surface area contributed by atoms with Crippen molar-refractivity contribution in [2.75, 3.05) is 13.3 Å². The van der Waals surface area contributed by atoms with Gasteiger partial charge in [0.05, 0.1) is 0 Å². The molecule has 1 saturated carbocycles. The van der Waals surface area contributed by atoms with Gasteiger partial charge in [-0.2, -0.15) is 11.8 Å². The molecule has 5 atom stereocenters. The Hall–Kier alpha value is -0.420. The van der Waals surface area contributed by atoms with Crippen molar-refractivity contribution in [3.8, 4) is 0 Å². The smallest absolute Gasteiger partial charge is 0.315 e. The van der Waals surface area contributed by atoms with Crippen LogP contribution in [-0.2, 0) is 0 Å². The number of thioether (sulfide) groups is 1. The van der Waals surface area contributed by atoms with Gasteiger partial charge in [-0.25, -0.2) is 4.79 Å². The summed E-state index contributed by atoms with van der Waals surface area (Å²) >= 11 is 1.91. The van der Waals surface area contributed by atoms with Gasteiger partial charge in [-0.1, -0.05) is 19.3 Å². The highest BCUT2D eigenvalue weighted by atomic mass is 32.2. The minimum Gasteiger partial charge on any atom is -0.335 e. The maximum atomic E-state index is 12.4. The van der Waals surface area contributed by atoms with Crippen molar-refractivity contribution in [3.63, 3.8) is 0 Å². The Morgan fingerprint density at radius 2 is 1.68 bits per heavy atom. The lowest BCUT2D eigenvalue weighted by atomic mass is 9.82. The monoisotopic (exact) mass is 325 g/mol. The second-order valence-corrected chi connectivity index (χ2v) is 8.43. The normalized spacial score (nSPS) is 39.3. The minimum absolute atomic E-state index is 0.0681. The molecule has 0 spiro atoms. The van der Waals surface area contributed by atoms with Gasteiger partial charge in [0.25, 0.3) is 0 Å². The topological polar surface area (TPSA) is 44.4 Å². The molecule has 2 bridgehead atoms. The molecule has 22 heavy (non-hydrogen) atoms. The Labute approximate surface area is 139 Å². The lowest BCUT2D eigenvalue weighted by Gasteiger charge is -2.47. The van der Waals surface area contributed by atoms with E-state index < -0.39 is 0 Å². The quantitative estimate of drug-likeness (QED) is 0.838. The summed E-state index contributed by atoms with van der Waals surface area (Å²) in [6.07, 6.45) is 13.3. The van der Waals surface area contributed by atoms with E-state index in [0.717, 1.165) is 19.3 Å². The van der Waals surface area contributed by atoms with Gasteiger partial charge in [0, 0.05) is 29.4 Å². The van der Waals surface area contributed by atoms with Crippen LogP contribution < -0.4 is 10.6 Å². The zero-order valence-electron chi connectivity index (χ0n) is 14.0. The average Bonchev–Trinajstić information content (AvgIpc) is 2.49. The van der Waals surface area contributed by atoms with Crippen molar-refractivity contribution >= 4 is 17.8 Å². The lowest BCUT2D eigenvalue weighted by molar-refractivity contribution is 0.0507. The van der Waals surface area contributed by atoms with E-state index in [4.69, 9.17) is 0 Å². The molecule has 2 saturated heterocycles. The van der Waals surface area contributed by atoms with Crippen molar-refractivity contribution in [3.05, 3.63) is 0 Å². The molecule has 2 aliphatic heterocycles. The molecule has 2 N–H and O–H groups in total. The van der Waals surface area contributed by atoms with Crippen molar-refractivity contribution in [1.82, 2.24) is 15.5 Å². The second kappa shape index (κ2) is 7.43. The predicted molar refractivity (Wildman–Crippen MR) is 93.4 cm³/mol. The van der Waals surface area contributed by atoms with Crippen molar-refractivity contribution < 1.29 is 4.79 Å². The summed E-state index contributed by atoms with van der Waals surface area (Å²) in [5.41, 5.74) is 0. The second-order valence-electron chi connectivity index (χ2n) is 7.36. The Bertz CT molecular complexity index is 378. The molecular formula is C17H31N3OS. The molecule has 1 unspecified atom stereocenters. The van der Waals surface area contributed by atoms with Crippen LogP contribution in [0.15, 0.2) is 0 Å². The first-order valence-electron chi connectivity index (χ1n) is 8.99. The van der Waals surface area contributed by atoms with Crippen molar-refractivity contribution in [1.29, 1.82) is 0 Å². The number of urea groups is 1. The maximum absolute atomic E-state index is 12.4. The fourth-order valence-corrected chi connectivity index (χ4v) is 5.61. The zero-order valence-corrected chi connectivity index (χ0v) is 14.8. The largest absolute Gasteiger partial charge is 0.335 e. The van der Waals surface area contributed by atoms with E-state index in [-0.39, 0.29) is 6.03 Å². The number of hydrogen-bond donors (Lipinski definition) is 2. The molecule has 3 fully saturated rings. The van der Waals surface area contributed by atoms with Gasteiger partial charge < -0.3 is 15.5 Å². The van der Waals surface area contributed by atoms with Gasteiger partial charge in [0.1, 0.15) is 0 Å². The lowest BCUT2D eigenvalue weighted by Crippen LogP contribution is -2.57. The van der Waals surface area contributed by atoms with Gasteiger partial charge >= 0.3 is 6.03 Å². The van der Waals surface area contributed by atoms with E-state index in [2.05, 4.69) is 28.8 Å². The van der Waals surface area contributed by atoms with E-state index >= 15 is 0 Å². The highest BCUT2D eigenvalue weighted by Crippen LogP contribution is 2.32. The third-order valence-corrected chi connectivity index (χ3v) is 7.17. The van der Waals surface area contributed by atoms with Gasteiger partial charge in [-0.15, -0.1) is 0 Å². The van der Waals surface area contributed by atoms with E-state index in [0.29, 0.717) is 29.4 Å². The first-order valence-corrected chi connectivity index (χ1v) is 10.3. The van der Waals surface area contributed by atoms with Crippen LogP contribution in [0.2, 0.25) is 0 Å². The Morgan fingerprint density at radius 1 is 1.00 bits per heavy atom. The SMILES string of the molecule is CS[C@@H]1CCCC[C@H]1NC(=O)NC1C[C@H]2CCC[C@@H](C1)N2C. The molecule has 3 aliphatic rings. The van der Waals surface area contributed by atoms with E-state index in [9.17, 15) is 4.79 Å². The highest BCUT2D eigenvalue weighted by molar-refractivity contribution is 7.99. The van der Waals surface area contributed by atoms with Crippen LogP contribution in [0.5, 0.6) is 0 Å². The molecule has 5 heteroatoms. The number of nitrogens with zero attached hydrogens (tertiary/aromatic N) is 1. The fourth-order valence-electron chi connectivity index (χ4n) is 4.67. The van der Waals surface area contributed by atoms with E-state index in [1.807, 2.05) is 11.8 Å². The number of carbonyl (C=O) groups is 1. The van der Waals surface area contributed by atoms with Crippen LogP contribution in [0.1, 0.15) is 57.8 Å². The average molecular weight is 326 g/mol. The van der Waals surface area contributed by atoms with E-state index in [1.165, 1.54) is 38.5 Å². The molecule has 0 aromatic heterocycles. The molecule has 126 valence electrons. The number of rotatable bonds is 3. The summed E-state index contributed by atoms with van der Waals surface area (Å²) in [6.45, 7) is 0. The first-order chi connectivity index (χ1) is 10.7. The number of fused-ring (bicyclic) bond motifs is 2. The van der Waals surface area contributed by atoms with Crippen LogP contribution in [0.25, 0.3) is 0 Å². The number of amides is 2. The Morgan fingerprint density at radius 3 is 2.36 bits per heavy atom. The molecular weight excluding hydrogens is 294 g/mol. The van der Waals surface area contributed by atoms with Gasteiger partial charge in [0.2, 0.25) is 0 Å². The van der Waals surface area contributed by atoms with Gasteiger partial charge in [-0.3, -0.25) is 0 Å².